The van der Waals surface area contributed by atoms with Crippen molar-refractivity contribution in [3.05, 3.63) is 47.0 Å². The molecule has 4 unspecified atom stereocenters. The summed E-state index contributed by atoms with van der Waals surface area (Å²) in [7, 11) is 2.92. The maximum absolute atomic E-state index is 13.5. The average molecular weight is 630 g/mol. The molecule has 2 aromatic carbocycles. The van der Waals surface area contributed by atoms with Gasteiger partial charge in [-0.05, 0) is 85.3 Å². The number of Topliss-reactive ketones (excluding diaryl/α,β-unsaturated/α-hetero) is 3. The molecular weight excluding hydrogens is 578 g/mol. The second-order valence-electron chi connectivity index (χ2n) is 12.4. The maximum Gasteiger partial charge on any atom is 0.322 e. The predicted octanol–water partition coefficient (Wildman–Crippen LogP) is 4.53. The van der Waals surface area contributed by atoms with Gasteiger partial charge in [0.15, 0.2) is 5.78 Å². The maximum atomic E-state index is 13.5. The van der Waals surface area contributed by atoms with Crippen molar-refractivity contribution in [2.75, 3.05) is 27.4 Å². The lowest BCUT2D eigenvalue weighted by molar-refractivity contribution is -0.143. The van der Waals surface area contributed by atoms with E-state index >= 15 is 0 Å². The zero-order valence-electron chi connectivity index (χ0n) is 26.9. The number of aliphatic hydroxyl groups excluding tert-OH is 2. The summed E-state index contributed by atoms with van der Waals surface area (Å²) < 4.78 is 10.7. The van der Waals surface area contributed by atoms with Gasteiger partial charge in [-0.3, -0.25) is 19.2 Å². The van der Waals surface area contributed by atoms with Crippen molar-refractivity contribution in [2.45, 2.75) is 71.9 Å². The molecule has 0 spiro atoms. The Hall–Kier alpha value is -3.60. The summed E-state index contributed by atoms with van der Waals surface area (Å²) in [5.41, 5.74) is 3.22. The molecule has 3 rings (SSSR count). The van der Waals surface area contributed by atoms with E-state index in [1.165, 1.54) is 20.1 Å². The van der Waals surface area contributed by atoms with E-state index < -0.39 is 24.5 Å². The second-order valence-corrected chi connectivity index (χ2v) is 12.4. The van der Waals surface area contributed by atoms with Gasteiger partial charge in [-0.15, -0.1) is 0 Å². The van der Waals surface area contributed by atoms with E-state index in [1.807, 2.05) is 32.0 Å². The van der Waals surface area contributed by atoms with E-state index in [-0.39, 0.29) is 75.2 Å². The summed E-state index contributed by atoms with van der Waals surface area (Å²) in [5, 5.41) is 33.9. The minimum atomic E-state index is -0.824. The van der Waals surface area contributed by atoms with Crippen LogP contribution in [0.15, 0.2) is 30.3 Å². The Kier molecular flexibility index (Phi) is 13.3. The van der Waals surface area contributed by atoms with Gasteiger partial charge in [-0.25, -0.2) is 0 Å². The Morgan fingerprint density at radius 1 is 1.07 bits per heavy atom. The van der Waals surface area contributed by atoms with Crippen LogP contribution >= 0.6 is 0 Å². The number of nitrogens with one attached hydrogen (secondary N) is 1. The number of benzene rings is 2. The third-order valence-corrected chi connectivity index (χ3v) is 8.57. The topological polar surface area (TPSA) is 159 Å². The zero-order chi connectivity index (χ0) is 33.3. The van der Waals surface area contributed by atoms with Crippen LogP contribution in [0.25, 0.3) is 11.1 Å². The number of carbonyl (C=O) groups is 4. The molecule has 4 N–H and O–H groups in total. The van der Waals surface area contributed by atoms with Gasteiger partial charge in [0.25, 0.3) is 0 Å². The normalized spacial score (nSPS) is 16.5. The van der Waals surface area contributed by atoms with E-state index in [9.17, 15) is 34.5 Å². The average Bonchev–Trinajstić information content (AvgIpc) is 2.98. The quantitative estimate of drug-likeness (QED) is 0.145. The molecule has 0 saturated carbocycles. The number of fused-ring (bicyclic) bond motifs is 1. The molecule has 0 bridgehead atoms. The van der Waals surface area contributed by atoms with Gasteiger partial charge in [-0.2, -0.15) is 0 Å². The Balaban J connectivity index is 0.00000552. The van der Waals surface area contributed by atoms with E-state index in [4.69, 9.17) is 9.47 Å². The Labute approximate surface area is 268 Å². The smallest absolute Gasteiger partial charge is 0.322 e. The van der Waals surface area contributed by atoms with Gasteiger partial charge in [-0.1, -0.05) is 26.0 Å². The molecule has 0 aliphatic heterocycles. The van der Waals surface area contributed by atoms with E-state index in [1.54, 1.807) is 13.2 Å². The molecule has 1 aliphatic rings. The SMILES string of the molecule is COC(=O)C(CC(C)C)NCc1ccc(OC)c(-c2ccc(O)c3c2CC(CC(CCO)C(CO)C(=O)CC(C)=O)CC3=O)c1.[HH].[HH]. The lowest BCUT2D eigenvalue weighted by atomic mass is 9.72. The molecule has 0 aromatic heterocycles. The van der Waals surface area contributed by atoms with Crippen LogP contribution in [-0.4, -0.2) is 72.1 Å². The zero-order valence-corrected chi connectivity index (χ0v) is 26.9. The summed E-state index contributed by atoms with van der Waals surface area (Å²) in [4.78, 5) is 50.2. The molecule has 10 nitrogen and oxygen atoms in total. The molecule has 4 atom stereocenters. The summed E-state index contributed by atoms with van der Waals surface area (Å²) in [6, 6.07) is 8.45. The fourth-order valence-corrected chi connectivity index (χ4v) is 6.46. The number of esters is 1. The number of phenols is 1. The highest BCUT2D eigenvalue weighted by atomic mass is 16.5. The van der Waals surface area contributed by atoms with Crippen LogP contribution in [0.2, 0.25) is 0 Å². The molecule has 0 amide bonds. The number of methoxy groups -OCH3 is 2. The number of aliphatic hydroxyl groups is 2. The number of ketones is 3. The number of hydrogen-bond acceptors (Lipinski definition) is 10. The van der Waals surface area contributed by atoms with Crippen LogP contribution in [0.5, 0.6) is 11.5 Å². The van der Waals surface area contributed by atoms with Crippen LogP contribution in [0.3, 0.4) is 0 Å². The molecular formula is C35H51NO9. The molecule has 1 aliphatic carbocycles. The first-order chi connectivity index (χ1) is 21.4. The number of hydrogen-bond donors (Lipinski definition) is 4. The van der Waals surface area contributed by atoms with Crippen LogP contribution in [0.4, 0.5) is 0 Å². The summed E-state index contributed by atoms with van der Waals surface area (Å²) in [6.45, 7) is 5.11. The number of phenolic OH excluding ortho intramolecular Hbond substituents is 1. The first-order valence-corrected chi connectivity index (χ1v) is 15.5. The van der Waals surface area contributed by atoms with Crippen molar-refractivity contribution in [3.8, 4) is 22.6 Å². The molecule has 0 saturated heterocycles. The largest absolute Gasteiger partial charge is 0.507 e. The van der Waals surface area contributed by atoms with Crippen molar-refractivity contribution in [1.29, 1.82) is 0 Å². The van der Waals surface area contributed by atoms with Gasteiger partial charge in [0, 0.05) is 33.9 Å². The first-order valence-electron chi connectivity index (χ1n) is 15.5. The fourth-order valence-electron chi connectivity index (χ4n) is 6.46. The molecule has 0 fully saturated rings. The molecule has 45 heavy (non-hydrogen) atoms. The summed E-state index contributed by atoms with van der Waals surface area (Å²) >= 11 is 0. The number of aromatic hydroxyl groups is 1. The highest BCUT2D eigenvalue weighted by Crippen LogP contribution is 2.43. The van der Waals surface area contributed by atoms with Gasteiger partial charge in [0.1, 0.15) is 29.1 Å². The van der Waals surface area contributed by atoms with Crippen molar-refractivity contribution >= 4 is 23.3 Å². The van der Waals surface area contributed by atoms with E-state index in [2.05, 4.69) is 5.32 Å². The minimum Gasteiger partial charge on any atom is -0.507 e. The van der Waals surface area contributed by atoms with Crippen molar-refractivity contribution in [3.63, 3.8) is 0 Å². The summed E-state index contributed by atoms with van der Waals surface area (Å²) in [5.74, 6) is -1.97. The number of ether oxygens (including phenoxy) is 2. The van der Waals surface area contributed by atoms with Gasteiger partial charge in [0.05, 0.1) is 32.8 Å². The standard InChI is InChI=1S/C35H47NO9.2H2/c1-20(2)12-29(35(43)45-5)36-18-22-6-9-33(44-4)26(15-22)25-7-8-30(40)34-27(25)16-23(17-32(34)42)14-24(10-11-37)28(19-38)31(41)13-21(3)39;;/h6-9,15,20,23-24,28-29,36-38,40H,10-14,16-19H2,1-5H3;2*1H. The highest BCUT2D eigenvalue weighted by molar-refractivity contribution is 6.03. The molecule has 0 heterocycles. The van der Waals surface area contributed by atoms with E-state index in [0.717, 1.165) is 16.7 Å². The lowest BCUT2D eigenvalue weighted by Crippen LogP contribution is -2.38. The predicted molar refractivity (Wildman–Crippen MR) is 173 cm³/mol. The number of carbonyl (C=O) groups excluding carboxylic acids is 4. The Morgan fingerprint density at radius 2 is 1.80 bits per heavy atom. The molecule has 10 heteroatoms. The molecule has 0 radical (unpaired) electrons. The second kappa shape index (κ2) is 16.6. The first kappa shape index (κ1) is 35.9. The van der Waals surface area contributed by atoms with Crippen LogP contribution in [0.1, 0.15) is 77.2 Å². The van der Waals surface area contributed by atoms with E-state index in [0.29, 0.717) is 37.1 Å². The Morgan fingerprint density at radius 3 is 2.40 bits per heavy atom. The van der Waals surface area contributed by atoms with Crippen LogP contribution < -0.4 is 10.1 Å². The number of rotatable bonds is 17. The van der Waals surface area contributed by atoms with Crippen molar-refractivity contribution in [1.82, 2.24) is 5.32 Å². The molecule has 250 valence electrons. The minimum absolute atomic E-state index is 0. The highest BCUT2D eigenvalue weighted by Gasteiger charge is 2.35. The van der Waals surface area contributed by atoms with Gasteiger partial charge < -0.3 is 30.1 Å². The third kappa shape index (κ3) is 9.22. The molecule has 2 aromatic rings. The third-order valence-electron chi connectivity index (χ3n) is 8.57. The van der Waals surface area contributed by atoms with Crippen molar-refractivity contribution in [2.24, 2.45) is 23.7 Å². The van der Waals surface area contributed by atoms with Gasteiger partial charge in [0.2, 0.25) is 0 Å². The Bertz CT molecular complexity index is 1380. The lowest BCUT2D eigenvalue weighted by Gasteiger charge is -2.32. The van der Waals surface area contributed by atoms with Crippen molar-refractivity contribution < 1.29 is 46.8 Å². The van der Waals surface area contributed by atoms with Crippen LogP contribution in [-0.2, 0) is 32.1 Å². The summed E-state index contributed by atoms with van der Waals surface area (Å²) in [6.07, 6.45) is 1.49. The van der Waals surface area contributed by atoms with Gasteiger partial charge >= 0.3 is 5.97 Å². The fraction of sp³-hybridized carbons (Fsp3) is 0.543. The van der Waals surface area contributed by atoms with Crippen LogP contribution in [0, 0.1) is 23.7 Å². The monoisotopic (exact) mass is 629 g/mol.